The lowest BCUT2D eigenvalue weighted by Crippen LogP contribution is -2.01. The molecule has 0 amide bonds. The molecule has 2 aromatic heterocycles. The minimum atomic E-state index is 0.578. The van der Waals surface area contributed by atoms with Gasteiger partial charge in [-0.25, -0.2) is 4.98 Å². The Morgan fingerprint density at radius 3 is 3.00 bits per heavy atom. The third-order valence-corrected chi connectivity index (χ3v) is 1.98. The zero-order valence-corrected chi connectivity index (χ0v) is 7.79. The van der Waals surface area contributed by atoms with Crippen LogP contribution in [0, 0.1) is 0 Å². The van der Waals surface area contributed by atoms with Gasteiger partial charge in [-0.1, -0.05) is 0 Å². The summed E-state index contributed by atoms with van der Waals surface area (Å²) in [6.45, 7) is 0.627. The second-order valence-electron chi connectivity index (χ2n) is 3.09. The normalized spacial score (nSPS) is 10.4. The number of aromatic nitrogens is 4. The molecule has 0 aliphatic carbocycles. The van der Waals surface area contributed by atoms with Crippen LogP contribution in [0.2, 0.25) is 0 Å². The molecule has 0 atom stereocenters. The first kappa shape index (κ1) is 8.68. The van der Waals surface area contributed by atoms with Gasteiger partial charge in [0.2, 0.25) is 0 Å². The fourth-order valence-electron chi connectivity index (χ4n) is 1.31. The van der Waals surface area contributed by atoms with Crippen molar-refractivity contribution in [3.63, 3.8) is 0 Å². The second kappa shape index (κ2) is 3.45. The molecule has 2 heterocycles. The SMILES string of the molecule is Cn1cc(Cn2cncc2C=O)cn1. The molecule has 0 aliphatic heterocycles. The summed E-state index contributed by atoms with van der Waals surface area (Å²) in [6, 6.07) is 0. The van der Waals surface area contributed by atoms with Gasteiger partial charge < -0.3 is 4.57 Å². The van der Waals surface area contributed by atoms with E-state index >= 15 is 0 Å². The zero-order chi connectivity index (χ0) is 9.97. The summed E-state index contributed by atoms with van der Waals surface area (Å²) in [6.07, 6.45) is 7.66. The van der Waals surface area contributed by atoms with E-state index in [-0.39, 0.29) is 0 Å². The molecule has 0 bridgehead atoms. The van der Waals surface area contributed by atoms with E-state index in [0.29, 0.717) is 12.2 Å². The van der Waals surface area contributed by atoms with E-state index in [1.807, 2.05) is 13.2 Å². The van der Waals surface area contributed by atoms with Gasteiger partial charge in [-0.05, 0) is 0 Å². The van der Waals surface area contributed by atoms with Crippen molar-refractivity contribution in [3.05, 3.63) is 36.2 Å². The van der Waals surface area contributed by atoms with E-state index in [0.717, 1.165) is 11.8 Å². The molecule has 0 saturated heterocycles. The Balaban J connectivity index is 2.22. The van der Waals surface area contributed by atoms with E-state index in [1.54, 1.807) is 28.0 Å². The summed E-state index contributed by atoms with van der Waals surface area (Å²) in [5.41, 5.74) is 1.63. The van der Waals surface area contributed by atoms with Crippen LogP contribution in [0.25, 0.3) is 0 Å². The highest BCUT2D eigenvalue weighted by atomic mass is 16.1. The number of hydrogen-bond donors (Lipinski definition) is 0. The number of nitrogens with zero attached hydrogens (tertiary/aromatic N) is 4. The van der Waals surface area contributed by atoms with Crippen LogP contribution < -0.4 is 0 Å². The van der Waals surface area contributed by atoms with Gasteiger partial charge >= 0.3 is 0 Å². The lowest BCUT2D eigenvalue weighted by molar-refractivity contribution is 0.111. The largest absolute Gasteiger partial charge is 0.324 e. The van der Waals surface area contributed by atoms with Crippen LogP contribution in [0.3, 0.4) is 0 Å². The van der Waals surface area contributed by atoms with Crippen LogP contribution >= 0.6 is 0 Å². The molecule has 0 saturated carbocycles. The van der Waals surface area contributed by atoms with Gasteiger partial charge in [0, 0.05) is 18.8 Å². The van der Waals surface area contributed by atoms with Crippen molar-refractivity contribution in [3.8, 4) is 0 Å². The number of aryl methyl sites for hydroxylation is 1. The molecule has 0 radical (unpaired) electrons. The van der Waals surface area contributed by atoms with Crippen LogP contribution in [0.4, 0.5) is 0 Å². The molecule has 0 aliphatic rings. The predicted molar refractivity (Wildman–Crippen MR) is 49.9 cm³/mol. The van der Waals surface area contributed by atoms with Crippen molar-refractivity contribution in [2.45, 2.75) is 6.54 Å². The summed E-state index contributed by atoms with van der Waals surface area (Å²) >= 11 is 0. The lowest BCUT2D eigenvalue weighted by Gasteiger charge is -2.00. The molecule has 0 N–H and O–H groups in total. The average Bonchev–Trinajstić information content (AvgIpc) is 2.76. The van der Waals surface area contributed by atoms with Gasteiger partial charge in [-0.3, -0.25) is 9.48 Å². The summed E-state index contributed by atoms with van der Waals surface area (Å²) in [5, 5.41) is 4.05. The Kier molecular flexibility index (Phi) is 2.14. The van der Waals surface area contributed by atoms with E-state index in [2.05, 4.69) is 10.1 Å². The van der Waals surface area contributed by atoms with Crippen LogP contribution in [0.1, 0.15) is 16.1 Å². The molecule has 14 heavy (non-hydrogen) atoms. The topological polar surface area (TPSA) is 52.7 Å². The van der Waals surface area contributed by atoms with E-state index in [1.165, 1.54) is 0 Å². The minimum absolute atomic E-state index is 0.578. The fourth-order valence-corrected chi connectivity index (χ4v) is 1.31. The molecular formula is C9H10N4O. The maximum atomic E-state index is 10.6. The molecule has 2 rings (SSSR count). The van der Waals surface area contributed by atoms with Gasteiger partial charge in [0.25, 0.3) is 0 Å². The molecule has 5 heteroatoms. The highest BCUT2D eigenvalue weighted by molar-refractivity contribution is 5.71. The van der Waals surface area contributed by atoms with Gasteiger partial charge in [0.05, 0.1) is 25.3 Å². The molecule has 0 unspecified atom stereocenters. The highest BCUT2D eigenvalue weighted by Gasteiger charge is 2.02. The zero-order valence-electron chi connectivity index (χ0n) is 7.79. The maximum absolute atomic E-state index is 10.6. The van der Waals surface area contributed by atoms with Crippen molar-refractivity contribution >= 4 is 6.29 Å². The standard InChI is InChI=1S/C9H10N4O/c1-12-4-8(2-11-12)5-13-7-10-3-9(13)6-14/h2-4,6-7H,5H2,1H3. The van der Waals surface area contributed by atoms with Gasteiger partial charge in [-0.15, -0.1) is 0 Å². The number of carbonyl (C=O) groups is 1. The summed E-state index contributed by atoms with van der Waals surface area (Å²) < 4.78 is 3.51. The van der Waals surface area contributed by atoms with E-state index < -0.39 is 0 Å². The van der Waals surface area contributed by atoms with Gasteiger partial charge in [0.15, 0.2) is 6.29 Å². The molecule has 0 spiro atoms. The van der Waals surface area contributed by atoms with Crippen molar-refractivity contribution in [2.75, 3.05) is 0 Å². The minimum Gasteiger partial charge on any atom is -0.324 e. The fraction of sp³-hybridized carbons (Fsp3) is 0.222. The van der Waals surface area contributed by atoms with Crippen LogP contribution in [0.15, 0.2) is 24.9 Å². The van der Waals surface area contributed by atoms with Gasteiger partial charge in [-0.2, -0.15) is 5.10 Å². The molecule has 0 aromatic carbocycles. The smallest absolute Gasteiger partial charge is 0.168 e. The Hall–Kier alpha value is -1.91. The third kappa shape index (κ3) is 1.56. The lowest BCUT2D eigenvalue weighted by atomic mass is 10.3. The number of imidazole rings is 1. The number of hydrogen-bond acceptors (Lipinski definition) is 3. The van der Waals surface area contributed by atoms with Crippen molar-refractivity contribution in [1.29, 1.82) is 0 Å². The summed E-state index contributed by atoms with van der Waals surface area (Å²) in [5.74, 6) is 0. The molecular weight excluding hydrogens is 180 g/mol. The predicted octanol–water partition coefficient (Wildman–Crippen LogP) is 0.477. The maximum Gasteiger partial charge on any atom is 0.168 e. The Labute approximate surface area is 81.0 Å². The van der Waals surface area contributed by atoms with Crippen LogP contribution in [-0.2, 0) is 13.6 Å². The monoisotopic (exact) mass is 190 g/mol. The Morgan fingerprint density at radius 2 is 2.36 bits per heavy atom. The first-order valence-corrected chi connectivity index (χ1v) is 4.22. The molecule has 2 aromatic rings. The summed E-state index contributed by atoms with van der Waals surface area (Å²) in [4.78, 5) is 14.5. The Bertz CT molecular complexity index is 443. The van der Waals surface area contributed by atoms with Crippen molar-refractivity contribution < 1.29 is 4.79 Å². The number of rotatable bonds is 3. The van der Waals surface area contributed by atoms with Crippen LogP contribution in [0.5, 0.6) is 0 Å². The second-order valence-corrected chi connectivity index (χ2v) is 3.09. The molecule has 5 nitrogen and oxygen atoms in total. The van der Waals surface area contributed by atoms with Gasteiger partial charge in [0.1, 0.15) is 5.69 Å². The first-order valence-electron chi connectivity index (χ1n) is 4.22. The summed E-state index contributed by atoms with van der Waals surface area (Å²) in [7, 11) is 1.86. The average molecular weight is 190 g/mol. The van der Waals surface area contributed by atoms with Crippen molar-refractivity contribution in [1.82, 2.24) is 19.3 Å². The molecule has 0 fully saturated rings. The first-order chi connectivity index (χ1) is 6.79. The number of aldehydes is 1. The third-order valence-electron chi connectivity index (χ3n) is 1.98. The number of carbonyl (C=O) groups excluding carboxylic acids is 1. The Morgan fingerprint density at radius 1 is 1.50 bits per heavy atom. The van der Waals surface area contributed by atoms with E-state index in [9.17, 15) is 4.79 Å². The van der Waals surface area contributed by atoms with Crippen molar-refractivity contribution in [2.24, 2.45) is 7.05 Å². The highest BCUT2D eigenvalue weighted by Crippen LogP contribution is 2.03. The quantitative estimate of drug-likeness (QED) is 0.661. The van der Waals surface area contributed by atoms with E-state index in [4.69, 9.17) is 0 Å². The molecule has 72 valence electrons. The van der Waals surface area contributed by atoms with Crippen LogP contribution in [-0.4, -0.2) is 25.6 Å².